The molecule has 5 nitrogen and oxygen atoms in total. The minimum atomic E-state index is -0.527. The molecule has 10 heteroatoms. The van der Waals surface area contributed by atoms with Gasteiger partial charge in [-0.25, -0.2) is 0 Å². The van der Waals surface area contributed by atoms with Crippen molar-refractivity contribution in [1.29, 1.82) is 0 Å². The van der Waals surface area contributed by atoms with E-state index in [1.165, 1.54) is 0 Å². The van der Waals surface area contributed by atoms with Gasteiger partial charge in [0.1, 0.15) is 6.10 Å². The van der Waals surface area contributed by atoms with Gasteiger partial charge in [0.2, 0.25) is 0 Å². The normalized spacial score (nSPS) is 41.8. The molecule has 2 heterocycles. The van der Waals surface area contributed by atoms with Crippen LogP contribution in [0.25, 0.3) is 0 Å². The third-order valence-corrected chi connectivity index (χ3v) is 6.08. The Labute approximate surface area is 229 Å². The predicted molar refractivity (Wildman–Crippen MR) is 152 cm³/mol. The molecule has 29 heavy (non-hydrogen) atoms. The Kier molecular flexibility index (Phi) is 22.1. The van der Waals surface area contributed by atoms with E-state index in [1.54, 1.807) is 0 Å². The SMILES string of the molecule is CI.C[C@@H]1[C@@H](C)[C@@H](C)O[C@@H](C)[C@@H]1O.C[C@@H]1[C@@H](C)[C@@H](C)O[C@@H](CO)[C@@H]1O.[I][V]([I])[I]. The summed E-state index contributed by atoms with van der Waals surface area (Å²) in [7, 11) is 0. The first-order valence-electron chi connectivity index (χ1n) is 9.78. The van der Waals surface area contributed by atoms with Crippen LogP contribution >= 0.6 is 82.5 Å². The molecule has 2 rings (SSSR count). The van der Waals surface area contributed by atoms with E-state index in [0.717, 1.165) is 0 Å². The van der Waals surface area contributed by atoms with Crippen LogP contribution in [0.3, 0.4) is 0 Å². The van der Waals surface area contributed by atoms with Crippen LogP contribution < -0.4 is 0 Å². The van der Waals surface area contributed by atoms with Crippen molar-refractivity contribution in [2.45, 2.75) is 85.1 Å². The van der Waals surface area contributed by atoms with Crippen molar-refractivity contribution < 1.29 is 29.7 Å². The zero-order valence-corrected chi connectivity index (χ0v) is 28.6. The molecule has 0 aromatic carbocycles. The Balaban J connectivity index is 0. The molecule has 0 amide bonds. The standard InChI is InChI=1S/C9H18O3.C9H18O2.CH3I.3HI.V/c1-5-6(2)9(11)8(4-10)12-7(5)3;1-5-6(2)9(10)8(4)11-7(5)3;1-2;;;;/h5-11H,4H2,1-3H3;5-10H,1-4H3;1H3;3*1H;/q;;;;;;+3/p-3/t2*5-,6-,7-,8+,9-;;;;;/m11...../s1. The maximum atomic E-state index is 9.64. The fourth-order valence-corrected chi connectivity index (χ4v) is 3.42. The molecule has 2 fully saturated rings. The second-order valence-corrected chi connectivity index (χ2v) is 43.1. The van der Waals surface area contributed by atoms with Crippen molar-refractivity contribution in [3.05, 3.63) is 0 Å². The summed E-state index contributed by atoms with van der Waals surface area (Å²) >= 11 is 9.54. The maximum absolute atomic E-state index is 9.64. The first-order chi connectivity index (χ1) is 13.3. The molecule has 0 unspecified atom stereocenters. The zero-order valence-electron chi connectivity index (χ0n) is 18.6. The third-order valence-electron chi connectivity index (χ3n) is 6.08. The van der Waals surface area contributed by atoms with E-state index in [9.17, 15) is 10.2 Å². The third kappa shape index (κ3) is 13.1. The van der Waals surface area contributed by atoms with Crippen molar-refractivity contribution in [2.24, 2.45) is 23.7 Å². The fourth-order valence-electron chi connectivity index (χ4n) is 3.42. The summed E-state index contributed by atoms with van der Waals surface area (Å²) in [6.45, 7) is 14.2. The summed E-state index contributed by atoms with van der Waals surface area (Å²) in [5.41, 5.74) is 0. The molecule has 0 aromatic rings. The summed E-state index contributed by atoms with van der Waals surface area (Å²) in [4.78, 5) is 1.69. The summed E-state index contributed by atoms with van der Waals surface area (Å²) in [6.07, 6.45) is -0.811. The monoisotopic (exact) mass is 906 g/mol. The molecule has 0 aromatic heterocycles. The topological polar surface area (TPSA) is 79.2 Å². The van der Waals surface area contributed by atoms with Crippen molar-refractivity contribution >= 4 is 82.5 Å². The van der Waals surface area contributed by atoms with Gasteiger partial charge >= 0.3 is 64.9 Å². The minimum absolute atomic E-state index is 0.00352. The summed E-state index contributed by atoms with van der Waals surface area (Å²) in [6, 6.07) is 0. The first-order valence-corrected chi connectivity index (χ1v) is 25.5. The Morgan fingerprint density at radius 1 is 0.655 bits per heavy atom. The van der Waals surface area contributed by atoms with Crippen LogP contribution in [0.4, 0.5) is 0 Å². The van der Waals surface area contributed by atoms with Crippen LogP contribution in [0.2, 0.25) is 0 Å². The Morgan fingerprint density at radius 3 is 1.38 bits per heavy atom. The number of hydrogen-bond acceptors (Lipinski definition) is 5. The molecule has 2 aliphatic rings. The predicted octanol–water partition coefficient (Wildman–Crippen LogP) is 5.53. The van der Waals surface area contributed by atoms with E-state index in [2.05, 4.69) is 110 Å². The van der Waals surface area contributed by atoms with Gasteiger partial charge in [-0.2, -0.15) is 0 Å². The van der Waals surface area contributed by atoms with Gasteiger partial charge in [0.15, 0.2) is 0 Å². The molecule has 3 N–H and O–H groups in total. The quantitative estimate of drug-likeness (QED) is 0.239. The molecule has 178 valence electrons. The van der Waals surface area contributed by atoms with E-state index in [-0.39, 0.29) is 41.9 Å². The van der Waals surface area contributed by atoms with Crippen molar-refractivity contribution in [3.8, 4) is 0 Å². The summed E-state index contributed by atoms with van der Waals surface area (Å²) < 4.78 is 11.0. The van der Waals surface area contributed by atoms with Crippen molar-refractivity contribution in [3.63, 3.8) is 0 Å². The van der Waals surface area contributed by atoms with E-state index in [0.29, 0.717) is 17.8 Å². The number of aliphatic hydroxyl groups excluding tert-OH is 3. The van der Waals surface area contributed by atoms with Crippen LogP contribution in [0, 0.1) is 23.7 Å². The molecule has 10 atom stereocenters. The van der Waals surface area contributed by atoms with Crippen molar-refractivity contribution in [2.75, 3.05) is 11.5 Å². The Morgan fingerprint density at radius 2 is 1.00 bits per heavy atom. The molecule has 0 aliphatic carbocycles. The summed E-state index contributed by atoms with van der Waals surface area (Å²) in [5, 5.41) is 28.1. The van der Waals surface area contributed by atoms with Crippen LogP contribution in [0.15, 0.2) is 0 Å². The molecule has 2 saturated heterocycles. The van der Waals surface area contributed by atoms with E-state index >= 15 is 0 Å². The zero-order chi connectivity index (χ0) is 23.5. The van der Waals surface area contributed by atoms with Crippen LogP contribution in [-0.4, -0.2) is 63.5 Å². The van der Waals surface area contributed by atoms with Gasteiger partial charge in [0, 0.05) is 0 Å². The number of hydrogen-bond donors (Lipinski definition) is 3. The van der Waals surface area contributed by atoms with E-state index < -0.39 is 12.2 Å². The molecule has 2 aliphatic heterocycles. The number of aliphatic hydroxyl groups is 3. The number of alkyl halides is 1. The average molecular weight is 906 g/mol. The van der Waals surface area contributed by atoms with Gasteiger partial charge in [0.25, 0.3) is 0 Å². The van der Waals surface area contributed by atoms with Gasteiger partial charge in [-0.3, -0.25) is 0 Å². The van der Waals surface area contributed by atoms with Crippen LogP contribution in [0.5, 0.6) is 0 Å². The van der Waals surface area contributed by atoms with E-state index in [4.69, 9.17) is 14.6 Å². The van der Waals surface area contributed by atoms with Crippen LogP contribution in [-0.2, 0) is 14.4 Å². The van der Waals surface area contributed by atoms with Gasteiger partial charge in [-0.05, 0) is 49.4 Å². The number of halogens is 4. The van der Waals surface area contributed by atoms with Gasteiger partial charge < -0.3 is 24.8 Å². The number of rotatable bonds is 1. The molecular formula is C19H39I4O5V. The Hall–Kier alpha value is 3.30. The molecule has 0 bridgehead atoms. The second kappa shape index (κ2) is 18.6. The summed E-state index contributed by atoms with van der Waals surface area (Å²) in [5.74, 6) is 1.36. The molecule has 0 spiro atoms. The van der Waals surface area contributed by atoms with E-state index in [1.807, 2.05) is 25.7 Å². The van der Waals surface area contributed by atoms with Gasteiger partial charge in [-0.15, -0.1) is 0 Å². The molecule has 0 saturated carbocycles. The Bertz CT molecular complexity index is 389. The fraction of sp³-hybridized carbons (Fsp3) is 1.00. The number of ether oxygens (including phenoxy) is 2. The second-order valence-electron chi connectivity index (χ2n) is 7.72. The van der Waals surface area contributed by atoms with Gasteiger partial charge in [-0.1, -0.05) is 50.3 Å². The van der Waals surface area contributed by atoms with Crippen molar-refractivity contribution in [1.82, 2.24) is 0 Å². The van der Waals surface area contributed by atoms with Crippen LogP contribution in [0.1, 0.15) is 48.5 Å². The average Bonchev–Trinajstić information content (AvgIpc) is 2.67. The molecular weight excluding hydrogens is 867 g/mol. The first kappa shape index (κ1) is 34.5. The molecule has 0 radical (unpaired) electrons. The van der Waals surface area contributed by atoms with Gasteiger partial charge in [0.05, 0.1) is 37.1 Å².